The first-order chi connectivity index (χ1) is 11.0. The predicted molar refractivity (Wildman–Crippen MR) is 81.2 cm³/mol. The van der Waals surface area contributed by atoms with Crippen LogP contribution in [0.3, 0.4) is 0 Å². The van der Waals surface area contributed by atoms with Crippen molar-refractivity contribution in [1.82, 2.24) is 9.55 Å². The van der Waals surface area contributed by atoms with Gasteiger partial charge in [0.1, 0.15) is 5.82 Å². The van der Waals surface area contributed by atoms with Crippen LogP contribution in [-0.2, 0) is 13.0 Å². The lowest BCUT2D eigenvalue weighted by molar-refractivity contribution is -0.384. The summed E-state index contributed by atoms with van der Waals surface area (Å²) in [6.07, 6.45) is 0.420. The predicted octanol–water partition coefficient (Wildman–Crippen LogP) is 3.83. The number of nitro benzene ring substituents is 1. The zero-order valence-corrected chi connectivity index (χ0v) is 12.3. The number of halogens is 2. The van der Waals surface area contributed by atoms with Gasteiger partial charge in [-0.15, -0.1) is 0 Å². The van der Waals surface area contributed by atoms with Crippen LogP contribution < -0.4 is 0 Å². The van der Waals surface area contributed by atoms with Crippen molar-refractivity contribution in [3.63, 3.8) is 0 Å². The number of imidazole rings is 1. The van der Waals surface area contributed by atoms with Gasteiger partial charge in [-0.25, -0.2) is 13.8 Å². The van der Waals surface area contributed by atoms with Gasteiger partial charge in [-0.3, -0.25) is 10.1 Å². The molecule has 0 saturated carbocycles. The summed E-state index contributed by atoms with van der Waals surface area (Å²) >= 11 is 0. The van der Waals surface area contributed by atoms with Crippen LogP contribution in [0, 0.1) is 21.7 Å². The van der Waals surface area contributed by atoms with E-state index in [9.17, 15) is 18.9 Å². The molecule has 0 unspecified atom stereocenters. The fourth-order valence-corrected chi connectivity index (χ4v) is 2.58. The summed E-state index contributed by atoms with van der Waals surface area (Å²) in [5.41, 5.74) is 1.77. The Morgan fingerprint density at radius 3 is 2.43 bits per heavy atom. The van der Waals surface area contributed by atoms with Crippen molar-refractivity contribution in [2.75, 3.05) is 0 Å². The lowest BCUT2D eigenvalue weighted by Crippen LogP contribution is -2.03. The molecule has 2 aromatic carbocycles. The van der Waals surface area contributed by atoms with Gasteiger partial charge in [0, 0.05) is 37.2 Å². The highest BCUT2D eigenvalue weighted by Gasteiger charge is 2.14. The van der Waals surface area contributed by atoms with Crippen LogP contribution in [-0.4, -0.2) is 14.5 Å². The maximum atomic E-state index is 13.4. The van der Waals surface area contributed by atoms with E-state index in [4.69, 9.17) is 0 Å². The Bertz CT molecular complexity index is 888. The van der Waals surface area contributed by atoms with Gasteiger partial charge in [0.2, 0.25) is 0 Å². The van der Waals surface area contributed by atoms with Gasteiger partial charge >= 0.3 is 0 Å². The van der Waals surface area contributed by atoms with E-state index in [1.165, 1.54) is 12.1 Å². The Morgan fingerprint density at radius 2 is 1.83 bits per heavy atom. The molecule has 0 N–H and O–H groups in total. The molecule has 0 bridgehead atoms. The Labute approximate surface area is 130 Å². The second kappa shape index (κ2) is 5.75. The van der Waals surface area contributed by atoms with Gasteiger partial charge in [0.25, 0.3) is 5.69 Å². The van der Waals surface area contributed by atoms with Gasteiger partial charge in [-0.1, -0.05) is 12.1 Å². The molecule has 0 aliphatic rings. The van der Waals surface area contributed by atoms with Crippen molar-refractivity contribution in [3.05, 3.63) is 69.5 Å². The summed E-state index contributed by atoms with van der Waals surface area (Å²) in [5.74, 6) is -1.18. The molecule has 3 aromatic rings. The van der Waals surface area contributed by atoms with E-state index in [-0.39, 0.29) is 5.69 Å². The Balaban J connectivity index is 2.00. The average molecular weight is 317 g/mol. The first-order valence-electron chi connectivity index (χ1n) is 7.07. The number of nitro groups is 1. The minimum Gasteiger partial charge on any atom is -0.328 e. The number of aromatic nitrogens is 2. The van der Waals surface area contributed by atoms with Crippen LogP contribution in [0.25, 0.3) is 11.0 Å². The summed E-state index contributed by atoms with van der Waals surface area (Å²) in [5, 5.41) is 10.7. The zero-order valence-electron chi connectivity index (χ0n) is 12.3. The second-order valence-corrected chi connectivity index (χ2v) is 5.13. The summed E-state index contributed by atoms with van der Waals surface area (Å²) in [7, 11) is 0. The van der Waals surface area contributed by atoms with E-state index in [1.54, 1.807) is 16.7 Å². The molecule has 0 saturated heterocycles. The van der Waals surface area contributed by atoms with Gasteiger partial charge in [-0.2, -0.15) is 0 Å². The molecule has 0 aliphatic heterocycles. The molecule has 118 valence electrons. The Kier molecular flexibility index (Phi) is 3.77. The molecule has 23 heavy (non-hydrogen) atoms. The van der Waals surface area contributed by atoms with Crippen molar-refractivity contribution in [2.45, 2.75) is 19.9 Å². The highest BCUT2D eigenvalue weighted by molar-refractivity contribution is 5.76. The van der Waals surface area contributed by atoms with Crippen molar-refractivity contribution in [2.24, 2.45) is 0 Å². The number of non-ortho nitro benzene ring substituents is 1. The topological polar surface area (TPSA) is 61.0 Å². The normalized spacial score (nSPS) is 11.1. The monoisotopic (exact) mass is 317 g/mol. The molecule has 0 radical (unpaired) electrons. The van der Waals surface area contributed by atoms with Gasteiger partial charge in [0.15, 0.2) is 11.6 Å². The molecule has 0 amide bonds. The SMILES string of the molecule is CCn1c(Cc2ccc([N+](=O)[O-])cc2)nc2cc(F)c(F)cc21. The highest BCUT2D eigenvalue weighted by atomic mass is 19.2. The van der Waals surface area contributed by atoms with Crippen LogP contribution in [0.5, 0.6) is 0 Å². The largest absolute Gasteiger partial charge is 0.328 e. The van der Waals surface area contributed by atoms with E-state index >= 15 is 0 Å². The number of fused-ring (bicyclic) bond motifs is 1. The van der Waals surface area contributed by atoms with Crippen LogP contribution >= 0.6 is 0 Å². The Hall–Kier alpha value is -2.83. The molecule has 5 nitrogen and oxygen atoms in total. The molecule has 0 aliphatic carbocycles. The third-order valence-electron chi connectivity index (χ3n) is 3.69. The van der Waals surface area contributed by atoms with E-state index in [1.807, 2.05) is 6.92 Å². The number of rotatable bonds is 4. The summed E-state index contributed by atoms with van der Waals surface area (Å²) < 4.78 is 28.6. The maximum absolute atomic E-state index is 13.4. The average Bonchev–Trinajstić information content (AvgIpc) is 2.84. The van der Waals surface area contributed by atoms with Crippen LogP contribution in [0.1, 0.15) is 18.3 Å². The fourth-order valence-electron chi connectivity index (χ4n) is 2.58. The number of aryl methyl sites for hydroxylation is 1. The molecule has 1 aromatic heterocycles. The summed E-state index contributed by atoms with van der Waals surface area (Å²) in [6, 6.07) is 8.37. The molecule has 0 atom stereocenters. The van der Waals surface area contributed by atoms with Crippen LogP contribution in [0.15, 0.2) is 36.4 Å². The lowest BCUT2D eigenvalue weighted by atomic mass is 10.1. The molecule has 7 heteroatoms. The molecule has 1 heterocycles. The van der Waals surface area contributed by atoms with Crippen molar-refractivity contribution in [1.29, 1.82) is 0 Å². The number of benzene rings is 2. The summed E-state index contributed by atoms with van der Waals surface area (Å²) in [4.78, 5) is 14.6. The van der Waals surface area contributed by atoms with Gasteiger partial charge in [-0.05, 0) is 12.5 Å². The smallest absolute Gasteiger partial charge is 0.269 e. The van der Waals surface area contributed by atoms with E-state index in [2.05, 4.69) is 4.98 Å². The lowest BCUT2D eigenvalue weighted by Gasteiger charge is -2.06. The standard InChI is InChI=1S/C16H13F2N3O2/c1-2-20-15-9-13(18)12(17)8-14(15)19-16(20)7-10-3-5-11(6-4-10)21(22)23/h3-6,8-9H,2,7H2,1H3. The van der Waals surface area contributed by atoms with E-state index in [0.29, 0.717) is 29.8 Å². The minimum atomic E-state index is -0.930. The van der Waals surface area contributed by atoms with Crippen LogP contribution in [0.2, 0.25) is 0 Å². The first kappa shape index (κ1) is 15.1. The Morgan fingerprint density at radius 1 is 1.17 bits per heavy atom. The first-order valence-corrected chi connectivity index (χ1v) is 7.07. The van der Waals surface area contributed by atoms with Crippen molar-refractivity contribution < 1.29 is 13.7 Å². The number of hydrogen-bond acceptors (Lipinski definition) is 3. The molecule has 0 spiro atoms. The number of hydrogen-bond donors (Lipinski definition) is 0. The van der Waals surface area contributed by atoms with E-state index < -0.39 is 16.6 Å². The molecular formula is C16H13F2N3O2. The second-order valence-electron chi connectivity index (χ2n) is 5.13. The summed E-state index contributed by atoms with van der Waals surface area (Å²) in [6.45, 7) is 2.45. The zero-order chi connectivity index (χ0) is 16.6. The highest BCUT2D eigenvalue weighted by Crippen LogP contribution is 2.22. The quantitative estimate of drug-likeness (QED) is 0.542. The van der Waals surface area contributed by atoms with Gasteiger partial charge in [0.05, 0.1) is 16.0 Å². The van der Waals surface area contributed by atoms with Gasteiger partial charge < -0.3 is 4.57 Å². The minimum absolute atomic E-state index is 0.0156. The molecule has 3 rings (SSSR count). The molecular weight excluding hydrogens is 304 g/mol. The van der Waals surface area contributed by atoms with Crippen molar-refractivity contribution in [3.8, 4) is 0 Å². The third-order valence-corrected chi connectivity index (χ3v) is 3.69. The maximum Gasteiger partial charge on any atom is 0.269 e. The van der Waals surface area contributed by atoms with Crippen molar-refractivity contribution >= 4 is 16.7 Å². The van der Waals surface area contributed by atoms with E-state index in [0.717, 1.165) is 17.7 Å². The fraction of sp³-hybridized carbons (Fsp3) is 0.188. The van der Waals surface area contributed by atoms with Crippen LogP contribution in [0.4, 0.5) is 14.5 Å². The number of nitrogens with zero attached hydrogens (tertiary/aromatic N) is 3. The third kappa shape index (κ3) is 2.77. The molecule has 0 fully saturated rings.